The summed E-state index contributed by atoms with van der Waals surface area (Å²) >= 11 is 3.58. The van der Waals surface area contributed by atoms with Gasteiger partial charge in [0, 0.05) is 13.0 Å². The number of benzene rings is 1. The molecule has 0 amide bonds. The highest BCUT2D eigenvalue weighted by Crippen LogP contribution is 2.38. The molecule has 0 bridgehead atoms. The molecule has 4 heteroatoms. The predicted molar refractivity (Wildman–Crippen MR) is 85.5 cm³/mol. The van der Waals surface area contributed by atoms with Crippen LogP contribution in [0.1, 0.15) is 39.2 Å². The zero-order valence-electron chi connectivity index (χ0n) is 12.6. The average Bonchev–Trinajstić information content (AvgIpc) is 2.59. The van der Waals surface area contributed by atoms with Gasteiger partial charge in [-0.15, -0.1) is 0 Å². The van der Waals surface area contributed by atoms with Gasteiger partial charge in [-0.25, -0.2) is 0 Å². The van der Waals surface area contributed by atoms with Crippen molar-refractivity contribution in [3.8, 4) is 11.5 Å². The summed E-state index contributed by atoms with van der Waals surface area (Å²) in [6.45, 7) is 10.1. The minimum atomic E-state index is 0.373. The zero-order valence-corrected chi connectivity index (χ0v) is 14.2. The summed E-state index contributed by atoms with van der Waals surface area (Å²) in [6, 6.07) is 4.19. The van der Waals surface area contributed by atoms with Crippen LogP contribution in [-0.4, -0.2) is 19.8 Å². The van der Waals surface area contributed by atoms with E-state index < -0.39 is 0 Å². The molecule has 1 N–H and O–H groups in total. The maximum atomic E-state index is 5.75. The first-order valence-electron chi connectivity index (χ1n) is 7.24. The van der Waals surface area contributed by atoms with Crippen molar-refractivity contribution in [1.29, 1.82) is 0 Å². The van der Waals surface area contributed by atoms with Crippen LogP contribution >= 0.6 is 15.9 Å². The van der Waals surface area contributed by atoms with Gasteiger partial charge in [-0.2, -0.15) is 0 Å². The summed E-state index contributed by atoms with van der Waals surface area (Å²) in [6.07, 6.45) is 2.10. The van der Waals surface area contributed by atoms with Crippen LogP contribution in [-0.2, 0) is 6.54 Å². The molecule has 0 spiro atoms. The molecule has 0 aromatic heterocycles. The van der Waals surface area contributed by atoms with Gasteiger partial charge in [-0.1, -0.05) is 20.8 Å². The molecule has 2 rings (SSSR count). The van der Waals surface area contributed by atoms with Crippen molar-refractivity contribution in [2.45, 2.75) is 40.2 Å². The summed E-state index contributed by atoms with van der Waals surface area (Å²) in [5, 5.41) is 3.49. The second kappa shape index (κ2) is 6.81. The molecular weight excluding hydrogens is 318 g/mol. The Bertz CT molecular complexity index is 455. The molecule has 1 heterocycles. The molecule has 1 aliphatic heterocycles. The van der Waals surface area contributed by atoms with Gasteiger partial charge < -0.3 is 14.8 Å². The fourth-order valence-electron chi connectivity index (χ4n) is 2.08. The fraction of sp³-hybridized carbons (Fsp3) is 0.625. The topological polar surface area (TPSA) is 30.5 Å². The molecule has 1 aliphatic rings. The third kappa shape index (κ3) is 4.67. The Kier molecular flexibility index (Phi) is 5.33. The van der Waals surface area contributed by atoms with E-state index in [4.69, 9.17) is 9.47 Å². The van der Waals surface area contributed by atoms with E-state index in [-0.39, 0.29) is 0 Å². The molecular formula is C16H24BrNO2. The molecule has 0 saturated carbocycles. The van der Waals surface area contributed by atoms with E-state index in [1.165, 1.54) is 12.0 Å². The highest BCUT2D eigenvalue weighted by Gasteiger charge is 2.15. The number of hydrogen-bond donors (Lipinski definition) is 1. The van der Waals surface area contributed by atoms with E-state index in [0.717, 1.165) is 48.7 Å². The maximum absolute atomic E-state index is 5.75. The zero-order chi connectivity index (χ0) is 14.6. The molecule has 0 fully saturated rings. The molecule has 0 saturated heterocycles. The molecule has 112 valence electrons. The van der Waals surface area contributed by atoms with Crippen molar-refractivity contribution in [1.82, 2.24) is 5.32 Å². The van der Waals surface area contributed by atoms with Gasteiger partial charge in [0.05, 0.1) is 17.7 Å². The highest BCUT2D eigenvalue weighted by atomic mass is 79.9. The Hall–Kier alpha value is -0.740. The lowest BCUT2D eigenvalue weighted by Crippen LogP contribution is -2.20. The van der Waals surface area contributed by atoms with Gasteiger partial charge >= 0.3 is 0 Å². The van der Waals surface area contributed by atoms with Crippen LogP contribution in [0.4, 0.5) is 0 Å². The first-order chi connectivity index (χ1) is 9.46. The summed E-state index contributed by atoms with van der Waals surface area (Å²) < 4.78 is 12.4. The fourth-order valence-corrected chi connectivity index (χ4v) is 2.69. The smallest absolute Gasteiger partial charge is 0.175 e. The first kappa shape index (κ1) is 15.6. The maximum Gasteiger partial charge on any atom is 0.175 e. The Morgan fingerprint density at radius 2 is 1.95 bits per heavy atom. The summed E-state index contributed by atoms with van der Waals surface area (Å²) in [7, 11) is 0. The number of nitrogens with one attached hydrogen (secondary N) is 1. The number of halogens is 1. The van der Waals surface area contributed by atoms with Crippen molar-refractivity contribution in [3.05, 3.63) is 22.2 Å². The van der Waals surface area contributed by atoms with Crippen LogP contribution in [0.5, 0.6) is 11.5 Å². The van der Waals surface area contributed by atoms with Crippen LogP contribution < -0.4 is 14.8 Å². The normalized spacial score (nSPS) is 15.0. The molecule has 3 nitrogen and oxygen atoms in total. The first-order valence-corrected chi connectivity index (χ1v) is 8.04. The molecule has 1 aromatic rings. The number of ether oxygens (including phenoxy) is 2. The van der Waals surface area contributed by atoms with Crippen LogP contribution in [0.15, 0.2) is 16.6 Å². The SMILES string of the molecule is CC(C)(C)CCNCc1cc(Br)c2c(c1)OCCCO2. The van der Waals surface area contributed by atoms with Gasteiger partial charge in [-0.05, 0) is 52.0 Å². The lowest BCUT2D eigenvalue weighted by atomic mass is 9.92. The minimum Gasteiger partial charge on any atom is -0.490 e. The Morgan fingerprint density at radius 1 is 1.20 bits per heavy atom. The monoisotopic (exact) mass is 341 g/mol. The van der Waals surface area contributed by atoms with Gasteiger partial charge in [0.2, 0.25) is 0 Å². The van der Waals surface area contributed by atoms with Crippen molar-refractivity contribution in [3.63, 3.8) is 0 Å². The van der Waals surface area contributed by atoms with Gasteiger partial charge in [0.1, 0.15) is 0 Å². The number of fused-ring (bicyclic) bond motifs is 1. The van der Waals surface area contributed by atoms with E-state index in [1.807, 2.05) is 0 Å². The lowest BCUT2D eigenvalue weighted by Gasteiger charge is -2.18. The van der Waals surface area contributed by atoms with Gasteiger partial charge in [0.15, 0.2) is 11.5 Å². The Labute approximate surface area is 130 Å². The van der Waals surface area contributed by atoms with Crippen LogP contribution in [0, 0.1) is 5.41 Å². The molecule has 0 unspecified atom stereocenters. The summed E-state index contributed by atoms with van der Waals surface area (Å²) in [5.41, 5.74) is 1.59. The average molecular weight is 342 g/mol. The van der Waals surface area contributed by atoms with Crippen molar-refractivity contribution in [2.24, 2.45) is 5.41 Å². The quantitative estimate of drug-likeness (QED) is 0.835. The molecule has 1 aromatic carbocycles. The standard InChI is InChI=1S/C16H24BrNO2/c1-16(2,3)5-6-18-11-12-9-13(17)15-14(10-12)19-7-4-8-20-15/h9-10,18H,4-8,11H2,1-3H3. The third-order valence-electron chi connectivity index (χ3n) is 3.24. The Morgan fingerprint density at radius 3 is 2.70 bits per heavy atom. The third-order valence-corrected chi connectivity index (χ3v) is 3.83. The van der Waals surface area contributed by atoms with Gasteiger partial charge in [-0.3, -0.25) is 0 Å². The van der Waals surface area contributed by atoms with Crippen molar-refractivity contribution >= 4 is 15.9 Å². The minimum absolute atomic E-state index is 0.373. The van der Waals surface area contributed by atoms with E-state index >= 15 is 0 Å². The largest absolute Gasteiger partial charge is 0.490 e. The molecule has 0 aliphatic carbocycles. The van der Waals surface area contributed by atoms with Crippen LogP contribution in [0.3, 0.4) is 0 Å². The lowest BCUT2D eigenvalue weighted by molar-refractivity contribution is 0.296. The van der Waals surface area contributed by atoms with E-state index in [0.29, 0.717) is 5.41 Å². The number of rotatable bonds is 4. The van der Waals surface area contributed by atoms with E-state index in [9.17, 15) is 0 Å². The molecule has 0 radical (unpaired) electrons. The molecule has 20 heavy (non-hydrogen) atoms. The van der Waals surface area contributed by atoms with Gasteiger partial charge in [0.25, 0.3) is 0 Å². The van der Waals surface area contributed by atoms with Crippen molar-refractivity contribution < 1.29 is 9.47 Å². The second-order valence-corrected chi connectivity index (χ2v) is 7.30. The van der Waals surface area contributed by atoms with E-state index in [2.05, 4.69) is 54.2 Å². The molecule has 0 atom stereocenters. The highest BCUT2D eigenvalue weighted by molar-refractivity contribution is 9.10. The van der Waals surface area contributed by atoms with E-state index in [1.54, 1.807) is 0 Å². The Balaban J connectivity index is 1.96. The summed E-state index contributed by atoms with van der Waals surface area (Å²) in [5.74, 6) is 1.69. The van der Waals surface area contributed by atoms with Crippen molar-refractivity contribution in [2.75, 3.05) is 19.8 Å². The summed E-state index contributed by atoms with van der Waals surface area (Å²) in [4.78, 5) is 0. The van der Waals surface area contributed by atoms with Crippen LogP contribution in [0.2, 0.25) is 0 Å². The number of hydrogen-bond acceptors (Lipinski definition) is 3. The predicted octanol–water partition coefficient (Wildman–Crippen LogP) is 4.14. The van der Waals surface area contributed by atoms with Crippen LogP contribution in [0.25, 0.3) is 0 Å². The second-order valence-electron chi connectivity index (χ2n) is 6.44.